The van der Waals surface area contributed by atoms with Crippen LogP contribution in [-0.4, -0.2) is 9.97 Å². The Balaban J connectivity index is 2.77. The molecule has 0 aliphatic heterocycles. The van der Waals surface area contributed by atoms with E-state index < -0.39 is 0 Å². The average Bonchev–Trinajstić information content (AvgIpc) is 2.43. The largest absolute Gasteiger partial charge is 0.375 e. The molecule has 0 radical (unpaired) electrons. The van der Waals surface area contributed by atoms with Gasteiger partial charge in [-0.25, -0.2) is 9.97 Å². The molecule has 0 saturated carbocycles. The summed E-state index contributed by atoms with van der Waals surface area (Å²) in [5, 5.41) is 9.01. The summed E-state index contributed by atoms with van der Waals surface area (Å²) in [4.78, 5) is 7.93. The number of nitrogen functional groups attached to an aromatic ring is 1. The fraction of sp³-hybridized carbons (Fsp3) is 0. The van der Waals surface area contributed by atoms with Crippen LogP contribution >= 0.6 is 11.3 Å². The molecule has 5 heteroatoms. The summed E-state index contributed by atoms with van der Waals surface area (Å²) in [5.41, 5.74) is 6.39. The van der Waals surface area contributed by atoms with Gasteiger partial charge in [0.05, 0.1) is 4.70 Å². The standard InChI is InChI=1S/C7H4N4S/c8-3-4-1-2-5-6(10-4)11-7(9)12-5/h1-2H,(H2,9,10,11). The monoisotopic (exact) mass is 176 g/mol. The van der Waals surface area contributed by atoms with Crippen LogP contribution in [0.3, 0.4) is 0 Å². The zero-order valence-electron chi connectivity index (χ0n) is 5.98. The van der Waals surface area contributed by atoms with Crippen LogP contribution in [-0.2, 0) is 0 Å². The summed E-state index contributed by atoms with van der Waals surface area (Å²) in [6.45, 7) is 0. The number of rotatable bonds is 0. The molecule has 12 heavy (non-hydrogen) atoms. The van der Waals surface area contributed by atoms with E-state index in [0.717, 1.165) is 4.70 Å². The number of hydrogen-bond acceptors (Lipinski definition) is 5. The summed E-state index contributed by atoms with van der Waals surface area (Å²) >= 11 is 1.37. The third kappa shape index (κ3) is 0.984. The molecule has 0 aromatic carbocycles. The van der Waals surface area contributed by atoms with E-state index in [1.165, 1.54) is 11.3 Å². The van der Waals surface area contributed by atoms with Gasteiger partial charge < -0.3 is 5.73 Å². The third-order valence-corrected chi connectivity index (χ3v) is 2.22. The second kappa shape index (κ2) is 2.43. The van der Waals surface area contributed by atoms with E-state index >= 15 is 0 Å². The molecule has 0 amide bonds. The Morgan fingerprint density at radius 3 is 3.00 bits per heavy atom. The highest BCUT2D eigenvalue weighted by Crippen LogP contribution is 2.21. The van der Waals surface area contributed by atoms with Crippen LogP contribution in [0.4, 0.5) is 5.13 Å². The van der Waals surface area contributed by atoms with E-state index in [1.807, 2.05) is 6.07 Å². The van der Waals surface area contributed by atoms with Gasteiger partial charge in [-0.2, -0.15) is 5.26 Å². The zero-order valence-corrected chi connectivity index (χ0v) is 6.80. The van der Waals surface area contributed by atoms with E-state index in [-0.39, 0.29) is 0 Å². The number of thiazole rings is 1. The van der Waals surface area contributed by atoms with Gasteiger partial charge in [-0.05, 0) is 12.1 Å². The highest BCUT2D eigenvalue weighted by atomic mass is 32.1. The number of nitrogens with zero attached hydrogens (tertiary/aromatic N) is 3. The van der Waals surface area contributed by atoms with Crippen LogP contribution in [0.15, 0.2) is 12.1 Å². The number of pyridine rings is 1. The first-order valence-electron chi connectivity index (χ1n) is 3.23. The van der Waals surface area contributed by atoms with Crippen LogP contribution in [0.5, 0.6) is 0 Å². The Hall–Kier alpha value is -1.67. The van der Waals surface area contributed by atoms with Crippen molar-refractivity contribution in [1.29, 1.82) is 5.26 Å². The van der Waals surface area contributed by atoms with Crippen molar-refractivity contribution in [3.8, 4) is 6.07 Å². The predicted octanol–water partition coefficient (Wildman–Crippen LogP) is 1.15. The molecule has 2 aromatic heterocycles. The second-order valence-corrected chi connectivity index (χ2v) is 3.24. The number of anilines is 1. The molecule has 2 N–H and O–H groups in total. The molecule has 0 unspecified atom stereocenters. The van der Waals surface area contributed by atoms with Gasteiger partial charge in [0, 0.05) is 0 Å². The summed E-state index contributed by atoms with van der Waals surface area (Å²) in [5.74, 6) is 0. The second-order valence-electron chi connectivity index (χ2n) is 2.18. The van der Waals surface area contributed by atoms with Crippen molar-refractivity contribution in [3.05, 3.63) is 17.8 Å². The topological polar surface area (TPSA) is 75.6 Å². The lowest BCUT2D eigenvalue weighted by molar-refractivity contribution is 1.28. The maximum Gasteiger partial charge on any atom is 0.182 e. The van der Waals surface area contributed by atoms with Gasteiger partial charge in [-0.15, -0.1) is 0 Å². The molecule has 0 atom stereocenters. The van der Waals surface area contributed by atoms with Crippen molar-refractivity contribution in [3.63, 3.8) is 0 Å². The van der Waals surface area contributed by atoms with Gasteiger partial charge in [0.15, 0.2) is 10.8 Å². The lowest BCUT2D eigenvalue weighted by atomic mass is 10.4. The molecule has 0 spiro atoms. The maximum atomic E-state index is 8.54. The van der Waals surface area contributed by atoms with E-state index in [0.29, 0.717) is 16.5 Å². The Kier molecular flexibility index (Phi) is 1.42. The lowest BCUT2D eigenvalue weighted by Crippen LogP contribution is -1.83. The Bertz CT molecular complexity index is 468. The zero-order chi connectivity index (χ0) is 8.55. The van der Waals surface area contributed by atoms with Crippen LogP contribution in [0.25, 0.3) is 10.3 Å². The summed E-state index contributed by atoms with van der Waals surface area (Å²) < 4.78 is 0.909. The van der Waals surface area contributed by atoms with Crippen LogP contribution in [0.1, 0.15) is 5.69 Å². The van der Waals surface area contributed by atoms with Gasteiger partial charge in [-0.3, -0.25) is 0 Å². The van der Waals surface area contributed by atoms with Crippen molar-refractivity contribution >= 4 is 26.8 Å². The van der Waals surface area contributed by atoms with Gasteiger partial charge in [0.2, 0.25) is 0 Å². The van der Waals surface area contributed by atoms with E-state index in [1.54, 1.807) is 12.1 Å². The summed E-state index contributed by atoms with van der Waals surface area (Å²) in [6, 6.07) is 5.39. The van der Waals surface area contributed by atoms with Crippen LogP contribution in [0, 0.1) is 11.3 Å². The van der Waals surface area contributed by atoms with Crippen LogP contribution in [0.2, 0.25) is 0 Å². The van der Waals surface area contributed by atoms with E-state index in [9.17, 15) is 0 Å². The van der Waals surface area contributed by atoms with Gasteiger partial charge in [0.25, 0.3) is 0 Å². The number of fused-ring (bicyclic) bond motifs is 1. The molecular formula is C7H4N4S. The average molecular weight is 176 g/mol. The minimum absolute atomic E-state index is 0.368. The van der Waals surface area contributed by atoms with Gasteiger partial charge >= 0.3 is 0 Å². The van der Waals surface area contributed by atoms with Gasteiger partial charge in [0.1, 0.15) is 11.8 Å². The van der Waals surface area contributed by atoms with Gasteiger partial charge in [-0.1, -0.05) is 11.3 Å². The highest BCUT2D eigenvalue weighted by Gasteiger charge is 2.02. The molecule has 58 valence electrons. The van der Waals surface area contributed by atoms with Crippen molar-refractivity contribution < 1.29 is 0 Å². The molecule has 2 rings (SSSR count). The minimum atomic E-state index is 0.368. The third-order valence-electron chi connectivity index (χ3n) is 1.38. The minimum Gasteiger partial charge on any atom is -0.375 e. The molecule has 0 fully saturated rings. The van der Waals surface area contributed by atoms with E-state index in [4.69, 9.17) is 11.0 Å². The molecule has 0 saturated heterocycles. The molecule has 2 heterocycles. The lowest BCUT2D eigenvalue weighted by Gasteiger charge is -1.85. The number of hydrogen-bond donors (Lipinski definition) is 1. The Labute approximate surface area is 72.3 Å². The normalized spacial score (nSPS) is 9.92. The highest BCUT2D eigenvalue weighted by molar-refractivity contribution is 7.21. The molecule has 2 aromatic rings. The van der Waals surface area contributed by atoms with Crippen molar-refractivity contribution in [2.45, 2.75) is 0 Å². The summed E-state index contributed by atoms with van der Waals surface area (Å²) in [6.07, 6.45) is 0. The molecular weight excluding hydrogens is 172 g/mol. The molecule has 0 bridgehead atoms. The number of nitrogens with two attached hydrogens (primary N) is 1. The SMILES string of the molecule is N#Cc1ccc2sc(N)nc2n1. The predicted molar refractivity (Wildman–Crippen MR) is 46.5 cm³/mol. The summed E-state index contributed by atoms with van der Waals surface area (Å²) in [7, 11) is 0. The quantitative estimate of drug-likeness (QED) is 0.653. The molecule has 0 aliphatic rings. The molecule has 4 nitrogen and oxygen atoms in total. The van der Waals surface area contributed by atoms with Crippen LogP contribution < -0.4 is 5.73 Å². The Morgan fingerprint density at radius 1 is 1.42 bits per heavy atom. The van der Waals surface area contributed by atoms with Crippen molar-refractivity contribution in [2.24, 2.45) is 0 Å². The number of nitriles is 1. The first-order chi connectivity index (χ1) is 5.79. The fourth-order valence-corrected chi connectivity index (χ4v) is 1.57. The smallest absolute Gasteiger partial charge is 0.182 e. The molecule has 0 aliphatic carbocycles. The fourth-order valence-electron chi connectivity index (χ4n) is 0.897. The van der Waals surface area contributed by atoms with Crippen molar-refractivity contribution in [1.82, 2.24) is 9.97 Å². The first-order valence-corrected chi connectivity index (χ1v) is 4.04. The van der Waals surface area contributed by atoms with Crippen molar-refractivity contribution in [2.75, 3.05) is 5.73 Å². The number of aromatic nitrogens is 2. The van der Waals surface area contributed by atoms with E-state index in [2.05, 4.69) is 9.97 Å². The first kappa shape index (κ1) is 7.00. The Morgan fingerprint density at radius 2 is 2.25 bits per heavy atom. The maximum absolute atomic E-state index is 8.54.